The van der Waals surface area contributed by atoms with E-state index < -0.39 is 0 Å². The Labute approximate surface area is 146 Å². The Bertz CT molecular complexity index is 808. The number of benzene rings is 2. The Balaban J connectivity index is 2.04. The zero-order valence-corrected chi connectivity index (χ0v) is 14.3. The van der Waals surface area contributed by atoms with Crippen molar-refractivity contribution < 1.29 is 14.9 Å². The van der Waals surface area contributed by atoms with Gasteiger partial charge in [-0.15, -0.1) is 0 Å². The van der Waals surface area contributed by atoms with Gasteiger partial charge in [-0.1, -0.05) is 12.1 Å². The molecule has 0 aliphatic rings. The van der Waals surface area contributed by atoms with Gasteiger partial charge < -0.3 is 14.9 Å². The van der Waals surface area contributed by atoms with Crippen LogP contribution in [0.25, 0.3) is 16.7 Å². The second kappa shape index (κ2) is 8.11. The van der Waals surface area contributed by atoms with Crippen LogP contribution in [-0.4, -0.2) is 58.1 Å². The van der Waals surface area contributed by atoms with Crippen molar-refractivity contribution in [2.45, 2.75) is 6.54 Å². The monoisotopic (exact) mass is 341 g/mol. The van der Waals surface area contributed by atoms with Crippen LogP contribution in [0.1, 0.15) is 5.82 Å². The molecule has 2 N–H and O–H groups in total. The fourth-order valence-corrected chi connectivity index (χ4v) is 2.95. The van der Waals surface area contributed by atoms with E-state index in [1.54, 1.807) is 7.11 Å². The number of aromatic nitrogens is 2. The maximum atomic E-state index is 9.26. The van der Waals surface area contributed by atoms with Gasteiger partial charge in [-0.2, -0.15) is 0 Å². The van der Waals surface area contributed by atoms with Crippen molar-refractivity contribution in [3.63, 3.8) is 0 Å². The summed E-state index contributed by atoms with van der Waals surface area (Å²) in [6, 6.07) is 15.8. The molecule has 1 heterocycles. The van der Waals surface area contributed by atoms with E-state index in [1.165, 1.54) is 0 Å². The SMILES string of the molecule is COc1ccc(-n2c(CN(CCO)CCO)nc3ccccc32)cc1. The molecule has 0 amide bonds. The third-order valence-corrected chi connectivity index (χ3v) is 4.16. The fraction of sp³-hybridized carbons (Fsp3) is 0.316. The molecule has 0 unspecified atom stereocenters. The third-order valence-electron chi connectivity index (χ3n) is 4.16. The summed E-state index contributed by atoms with van der Waals surface area (Å²) < 4.78 is 7.35. The van der Waals surface area contributed by atoms with Crippen LogP contribution in [0.4, 0.5) is 0 Å². The molecule has 0 aliphatic carbocycles. The molecule has 0 fully saturated rings. The first-order valence-corrected chi connectivity index (χ1v) is 8.31. The molecule has 0 saturated heterocycles. The molecular weight excluding hydrogens is 318 g/mol. The van der Waals surface area contributed by atoms with E-state index in [0.717, 1.165) is 28.3 Å². The standard InChI is InChI=1S/C19H23N3O3/c1-25-16-8-6-15(7-9-16)22-18-5-3-2-4-17(18)20-19(22)14-21(10-12-23)11-13-24/h2-9,23-24H,10-14H2,1H3. The number of aliphatic hydroxyl groups is 2. The minimum absolute atomic E-state index is 0.0444. The normalized spacial score (nSPS) is 11.4. The Morgan fingerprint density at radius 2 is 1.68 bits per heavy atom. The molecule has 0 saturated carbocycles. The van der Waals surface area contributed by atoms with Gasteiger partial charge in [0.1, 0.15) is 11.6 Å². The predicted molar refractivity (Wildman–Crippen MR) is 97.1 cm³/mol. The Morgan fingerprint density at radius 3 is 2.32 bits per heavy atom. The van der Waals surface area contributed by atoms with Gasteiger partial charge in [0, 0.05) is 18.8 Å². The molecule has 0 spiro atoms. The van der Waals surface area contributed by atoms with Gasteiger partial charge in [0.15, 0.2) is 0 Å². The lowest BCUT2D eigenvalue weighted by atomic mass is 10.2. The van der Waals surface area contributed by atoms with E-state index >= 15 is 0 Å². The number of methoxy groups -OCH3 is 1. The Kier molecular flexibility index (Phi) is 5.65. The molecule has 0 bridgehead atoms. The summed E-state index contributed by atoms with van der Waals surface area (Å²) in [7, 11) is 1.65. The Morgan fingerprint density at radius 1 is 1.00 bits per heavy atom. The lowest BCUT2D eigenvalue weighted by molar-refractivity contribution is 0.153. The summed E-state index contributed by atoms with van der Waals surface area (Å²) >= 11 is 0. The van der Waals surface area contributed by atoms with Gasteiger partial charge >= 0.3 is 0 Å². The van der Waals surface area contributed by atoms with Crippen molar-refractivity contribution in [3.05, 3.63) is 54.4 Å². The maximum absolute atomic E-state index is 9.26. The summed E-state index contributed by atoms with van der Waals surface area (Å²) in [5.41, 5.74) is 2.94. The van der Waals surface area contributed by atoms with Crippen LogP contribution in [0.3, 0.4) is 0 Å². The third kappa shape index (κ3) is 3.82. The average Bonchev–Trinajstić information content (AvgIpc) is 3.00. The predicted octanol–water partition coefficient (Wildman–Crippen LogP) is 1.82. The van der Waals surface area contributed by atoms with Crippen molar-refractivity contribution >= 4 is 11.0 Å². The molecule has 0 atom stereocenters. The van der Waals surface area contributed by atoms with Crippen LogP contribution >= 0.6 is 0 Å². The van der Waals surface area contributed by atoms with Gasteiger partial charge in [-0.25, -0.2) is 4.98 Å². The largest absolute Gasteiger partial charge is 0.497 e. The van der Waals surface area contributed by atoms with Gasteiger partial charge in [-0.05, 0) is 36.4 Å². The first-order valence-electron chi connectivity index (χ1n) is 8.31. The van der Waals surface area contributed by atoms with Crippen molar-refractivity contribution in [1.29, 1.82) is 0 Å². The number of para-hydroxylation sites is 2. The van der Waals surface area contributed by atoms with Crippen molar-refractivity contribution in [3.8, 4) is 11.4 Å². The molecule has 3 rings (SSSR count). The van der Waals surface area contributed by atoms with Crippen LogP contribution in [0.5, 0.6) is 5.75 Å². The number of hydrogen-bond acceptors (Lipinski definition) is 5. The van der Waals surface area contributed by atoms with E-state index in [4.69, 9.17) is 9.72 Å². The van der Waals surface area contributed by atoms with Gasteiger partial charge in [-0.3, -0.25) is 9.47 Å². The van der Waals surface area contributed by atoms with Crippen molar-refractivity contribution in [2.24, 2.45) is 0 Å². The minimum atomic E-state index is 0.0444. The van der Waals surface area contributed by atoms with E-state index in [-0.39, 0.29) is 13.2 Å². The number of aliphatic hydroxyl groups excluding tert-OH is 2. The number of nitrogens with zero attached hydrogens (tertiary/aromatic N) is 3. The van der Waals surface area contributed by atoms with Crippen LogP contribution in [0, 0.1) is 0 Å². The lowest BCUT2D eigenvalue weighted by Gasteiger charge is -2.20. The number of hydrogen-bond donors (Lipinski definition) is 2. The highest BCUT2D eigenvalue weighted by Crippen LogP contribution is 2.24. The van der Waals surface area contributed by atoms with Gasteiger partial charge in [0.2, 0.25) is 0 Å². The molecule has 6 nitrogen and oxygen atoms in total. The lowest BCUT2D eigenvalue weighted by Crippen LogP contribution is -2.30. The van der Waals surface area contributed by atoms with Crippen LogP contribution < -0.4 is 4.74 Å². The average molecular weight is 341 g/mol. The highest BCUT2D eigenvalue weighted by molar-refractivity contribution is 5.78. The smallest absolute Gasteiger partial charge is 0.128 e. The van der Waals surface area contributed by atoms with Gasteiger partial charge in [0.25, 0.3) is 0 Å². The van der Waals surface area contributed by atoms with Crippen LogP contribution in [0.2, 0.25) is 0 Å². The molecule has 6 heteroatoms. The summed E-state index contributed by atoms with van der Waals surface area (Å²) in [5, 5.41) is 18.5. The topological polar surface area (TPSA) is 70.8 Å². The summed E-state index contributed by atoms with van der Waals surface area (Å²) in [5.74, 6) is 1.67. The van der Waals surface area contributed by atoms with E-state index in [2.05, 4.69) is 4.57 Å². The molecule has 0 aliphatic heterocycles. The van der Waals surface area contributed by atoms with E-state index in [0.29, 0.717) is 19.6 Å². The Hall–Kier alpha value is -2.41. The second-order valence-electron chi connectivity index (χ2n) is 5.77. The molecule has 25 heavy (non-hydrogen) atoms. The summed E-state index contributed by atoms with van der Waals surface area (Å²) in [4.78, 5) is 6.75. The molecular formula is C19H23N3O3. The number of rotatable bonds is 8. The van der Waals surface area contributed by atoms with Crippen molar-refractivity contribution in [1.82, 2.24) is 14.5 Å². The van der Waals surface area contributed by atoms with Crippen LogP contribution in [-0.2, 0) is 6.54 Å². The maximum Gasteiger partial charge on any atom is 0.128 e. The van der Waals surface area contributed by atoms with Gasteiger partial charge in [0.05, 0.1) is 37.9 Å². The van der Waals surface area contributed by atoms with Crippen molar-refractivity contribution in [2.75, 3.05) is 33.4 Å². The minimum Gasteiger partial charge on any atom is -0.497 e. The number of fused-ring (bicyclic) bond motifs is 1. The molecule has 132 valence electrons. The first kappa shape index (κ1) is 17.4. The quantitative estimate of drug-likeness (QED) is 0.654. The number of ether oxygens (including phenoxy) is 1. The zero-order valence-electron chi connectivity index (χ0n) is 14.3. The molecule has 2 aromatic carbocycles. The molecule has 3 aromatic rings. The highest BCUT2D eigenvalue weighted by atomic mass is 16.5. The molecule has 1 aromatic heterocycles. The second-order valence-corrected chi connectivity index (χ2v) is 5.77. The number of imidazole rings is 1. The van der Waals surface area contributed by atoms with Crippen LogP contribution in [0.15, 0.2) is 48.5 Å². The zero-order chi connectivity index (χ0) is 17.6. The highest BCUT2D eigenvalue weighted by Gasteiger charge is 2.15. The fourth-order valence-electron chi connectivity index (χ4n) is 2.95. The molecule has 0 radical (unpaired) electrons. The summed E-state index contributed by atoms with van der Waals surface area (Å²) in [6.07, 6.45) is 0. The van der Waals surface area contributed by atoms with E-state index in [1.807, 2.05) is 53.4 Å². The summed E-state index contributed by atoms with van der Waals surface area (Å²) in [6.45, 7) is 1.62. The van der Waals surface area contributed by atoms with E-state index in [9.17, 15) is 10.2 Å². The first-order chi connectivity index (χ1) is 12.3.